The van der Waals surface area contributed by atoms with E-state index in [1.165, 1.54) is 5.69 Å². The number of rotatable bonds is 3. The highest BCUT2D eigenvalue weighted by molar-refractivity contribution is 5.85. The quantitative estimate of drug-likeness (QED) is 0.777. The molecular weight excluding hydrogens is 215 g/mol. The Balaban J connectivity index is 0.00000112. The summed E-state index contributed by atoms with van der Waals surface area (Å²) in [6.45, 7) is 1.72. The predicted molar refractivity (Wildman–Crippen MR) is 62.1 cm³/mol. The van der Waals surface area contributed by atoms with Gasteiger partial charge in [-0.15, -0.1) is 12.4 Å². The molecule has 1 aromatic rings. The fourth-order valence-corrected chi connectivity index (χ4v) is 2.15. The number of aryl methyl sites for hydroxylation is 1. The summed E-state index contributed by atoms with van der Waals surface area (Å²) >= 11 is 0. The number of aromatic nitrogens is 1. The van der Waals surface area contributed by atoms with Gasteiger partial charge in [-0.1, -0.05) is 0 Å². The van der Waals surface area contributed by atoms with E-state index in [1.54, 1.807) is 0 Å². The van der Waals surface area contributed by atoms with Crippen molar-refractivity contribution >= 4 is 12.4 Å². The van der Waals surface area contributed by atoms with Gasteiger partial charge in [-0.25, -0.2) is 4.39 Å². The maximum atomic E-state index is 12.6. The molecule has 2 rings (SSSR count). The molecular formula is C11H18ClFN2. The minimum absolute atomic E-state index is 0. The average molecular weight is 233 g/mol. The summed E-state index contributed by atoms with van der Waals surface area (Å²) < 4.78 is 14.7. The highest BCUT2D eigenvalue weighted by Gasteiger charge is 2.24. The predicted octanol–water partition coefficient (Wildman–Crippen LogP) is 2.38. The van der Waals surface area contributed by atoms with Gasteiger partial charge in [0.2, 0.25) is 0 Å². The monoisotopic (exact) mass is 232 g/mol. The minimum atomic E-state index is -0.204. The van der Waals surface area contributed by atoms with Crippen molar-refractivity contribution in [3.63, 3.8) is 0 Å². The summed E-state index contributed by atoms with van der Waals surface area (Å²) in [4.78, 5) is 2.25. The summed E-state index contributed by atoms with van der Waals surface area (Å²) in [7, 11) is 2.04. The molecule has 4 heteroatoms. The van der Waals surface area contributed by atoms with Gasteiger partial charge in [-0.3, -0.25) is 4.90 Å². The summed E-state index contributed by atoms with van der Waals surface area (Å²) in [5.41, 5.74) is 1.27. The summed E-state index contributed by atoms with van der Waals surface area (Å²) in [6.07, 6.45) is 4.19. The van der Waals surface area contributed by atoms with Crippen LogP contribution < -0.4 is 0 Å². The molecule has 15 heavy (non-hydrogen) atoms. The Morgan fingerprint density at radius 1 is 1.53 bits per heavy atom. The van der Waals surface area contributed by atoms with Gasteiger partial charge in [-0.05, 0) is 31.5 Å². The van der Waals surface area contributed by atoms with Crippen molar-refractivity contribution in [3.8, 4) is 0 Å². The van der Waals surface area contributed by atoms with Crippen molar-refractivity contribution in [2.75, 3.05) is 13.2 Å². The van der Waals surface area contributed by atoms with Crippen LogP contribution in [-0.4, -0.2) is 28.7 Å². The van der Waals surface area contributed by atoms with Gasteiger partial charge in [0.1, 0.15) is 6.67 Å². The van der Waals surface area contributed by atoms with Crippen LogP contribution >= 0.6 is 12.4 Å². The zero-order valence-corrected chi connectivity index (χ0v) is 9.84. The molecule has 0 radical (unpaired) electrons. The van der Waals surface area contributed by atoms with Gasteiger partial charge in [0.15, 0.2) is 0 Å². The van der Waals surface area contributed by atoms with E-state index < -0.39 is 0 Å². The number of likely N-dealkylation sites (tertiary alicyclic amines) is 1. The number of hydrogen-bond donors (Lipinski definition) is 0. The Bertz CT molecular complexity index is 301. The van der Waals surface area contributed by atoms with Crippen molar-refractivity contribution in [1.29, 1.82) is 0 Å². The van der Waals surface area contributed by atoms with Gasteiger partial charge in [0.05, 0.1) is 0 Å². The molecule has 0 bridgehead atoms. The number of nitrogens with zero attached hydrogens (tertiary/aromatic N) is 2. The third-order valence-electron chi connectivity index (χ3n) is 3.09. The lowest BCUT2D eigenvalue weighted by molar-refractivity contribution is 0.203. The first kappa shape index (κ1) is 12.5. The zero-order valence-electron chi connectivity index (χ0n) is 9.03. The van der Waals surface area contributed by atoms with Crippen LogP contribution in [0.5, 0.6) is 0 Å². The second-order valence-electron chi connectivity index (χ2n) is 4.03. The van der Waals surface area contributed by atoms with Gasteiger partial charge < -0.3 is 4.57 Å². The maximum Gasteiger partial charge on any atom is 0.105 e. The second kappa shape index (κ2) is 5.52. The second-order valence-corrected chi connectivity index (χ2v) is 4.03. The molecule has 0 N–H and O–H groups in total. The van der Waals surface area contributed by atoms with Crippen LogP contribution in [0.4, 0.5) is 4.39 Å². The molecule has 86 valence electrons. The molecule has 0 saturated carbocycles. The highest BCUT2D eigenvalue weighted by Crippen LogP contribution is 2.20. The Morgan fingerprint density at radius 3 is 2.93 bits per heavy atom. The van der Waals surface area contributed by atoms with Gasteiger partial charge >= 0.3 is 0 Å². The van der Waals surface area contributed by atoms with Gasteiger partial charge in [0.25, 0.3) is 0 Å². The molecule has 1 aliphatic rings. The lowest BCUT2D eigenvalue weighted by Gasteiger charge is -2.22. The van der Waals surface area contributed by atoms with E-state index >= 15 is 0 Å². The van der Waals surface area contributed by atoms with Crippen molar-refractivity contribution in [2.24, 2.45) is 7.05 Å². The molecule has 2 heterocycles. The lowest BCUT2D eigenvalue weighted by Crippen LogP contribution is -2.31. The first-order valence-electron chi connectivity index (χ1n) is 5.21. The summed E-state index contributed by atoms with van der Waals surface area (Å²) in [5.74, 6) is 0. The minimum Gasteiger partial charge on any atom is -0.353 e. The Kier molecular flexibility index (Phi) is 4.61. The SMILES string of the molecule is Cl.Cn1cccc1CN1CCCC1CF. The summed E-state index contributed by atoms with van der Waals surface area (Å²) in [6, 6.07) is 4.30. The van der Waals surface area contributed by atoms with E-state index in [1.807, 2.05) is 19.3 Å². The van der Waals surface area contributed by atoms with Crippen molar-refractivity contribution in [2.45, 2.75) is 25.4 Å². The molecule has 1 atom stereocenters. The molecule has 2 nitrogen and oxygen atoms in total. The lowest BCUT2D eigenvalue weighted by atomic mass is 10.2. The van der Waals surface area contributed by atoms with Crippen LogP contribution in [0.1, 0.15) is 18.5 Å². The van der Waals surface area contributed by atoms with E-state index in [9.17, 15) is 4.39 Å². The third kappa shape index (κ3) is 2.73. The molecule has 1 saturated heterocycles. The molecule has 1 aliphatic heterocycles. The van der Waals surface area contributed by atoms with Crippen molar-refractivity contribution < 1.29 is 4.39 Å². The molecule has 0 spiro atoms. The van der Waals surface area contributed by atoms with E-state index in [-0.39, 0.29) is 25.1 Å². The topological polar surface area (TPSA) is 8.17 Å². The molecule has 1 fully saturated rings. The molecule has 0 amide bonds. The molecule has 0 aromatic carbocycles. The Morgan fingerprint density at radius 2 is 2.33 bits per heavy atom. The molecule has 1 aromatic heterocycles. The maximum absolute atomic E-state index is 12.6. The third-order valence-corrected chi connectivity index (χ3v) is 3.09. The highest BCUT2D eigenvalue weighted by atomic mass is 35.5. The van der Waals surface area contributed by atoms with E-state index in [4.69, 9.17) is 0 Å². The van der Waals surface area contributed by atoms with Crippen LogP contribution in [0, 0.1) is 0 Å². The molecule has 0 aliphatic carbocycles. The van der Waals surface area contributed by atoms with Crippen LogP contribution in [-0.2, 0) is 13.6 Å². The fourth-order valence-electron chi connectivity index (χ4n) is 2.15. The first-order chi connectivity index (χ1) is 6.81. The van der Waals surface area contributed by atoms with Crippen LogP contribution in [0.2, 0.25) is 0 Å². The Hall–Kier alpha value is -0.540. The van der Waals surface area contributed by atoms with Gasteiger partial charge in [-0.2, -0.15) is 0 Å². The fraction of sp³-hybridized carbons (Fsp3) is 0.636. The van der Waals surface area contributed by atoms with Crippen LogP contribution in [0.15, 0.2) is 18.3 Å². The van der Waals surface area contributed by atoms with E-state index in [2.05, 4.69) is 15.5 Å². The summed E-state index contributed by atoms with van der Waals surface area (Å²) in [5, 5.41) is 0. The Labute approximate surface area is 96.5 Å². The molecule has 1 unspecified atom stereocenters. The van der Waals surface area contributed by atoms with E-state index in [0.29, 0.717) is 0 Å². The van der Waals surface area contributed by atoms with Crippen molar-refractivity contribution in [3.05, 3.63) is 24.0 Å². The zero-order chi connectivity index (χ0) is 9.97. The largest absolute Gasteiger partial charge is 0.353 e. The smallest absolute Gasteiger partial charge is 0.105 e. The number of hydrogen-bond acceptors (Lipinski definition) is 1. The van der Waals surface area contributed by atoms with Gasteiger partial charge in [0, 0.05) is 31.5 Å². The normalized spacial score (nSPS) is 21.6. The van der Waals surface area contributed by atoms with Crippen LogP contribution in [0.3, 0.4) is 0 Å². The standard InChI is InChI=1S/C11H17FN2.ClH/c1-13-6-2-5-11(13)9-14-7-3-4-10(14)8-12;/h2,5-6,10H,3-4,7-9H2,1H3;1H. The first-order valence-corrected chi connectivity index (χ1v) is 5.21. The van der Waals surface area contributed by atoms with Crippen LogP contribution in [0.25, 0.3) is 0 Å². The van der Waals surface area contributed by atoms with E-state index in [0.717, 1.165) is 25.9 Å². The van der Waals surface area contributed by atoms with Crippen molar-refractivity contribution in [1.82, 2.24) is 9.47 Å². The number of alkyl halides is 1. The number of halogens is 2. The average Bonchev–Trinajstić information content (AvgIpc) is 2.77.